The van der Waals surface area contributed by atoms with Crippen LogP contribution in [0.5, 0.6) is 0 Å². The number of hydrogen-bond donors (Lipinski definition) is 1. The van der Waals surface area contributed by atoms with E-state index in [4.69, 9.17) is 0 Å². The fourth-order valence-corrected chi connectivity index (χ4v) is 3.74. The van der Waals surface area contributed by atoms with Crippen LogP contribution in [-0.2, 0) is 6.42 Å². The second-order valence-corrected chi connectivity index (χ2v) is 6.40. The van der Waals surface area contributed by atoms with Crippen LogP contribution in [0.3, 0.4) is 0 Å². The van der Waals surface area contributed by atoms with Gasteiger partial charge in [-0.2, -0.15) is 0 Å². The van der Waals surface area contributed by atoms with Gasteiger partial charge < -0.3 is 9.88 Å². The highest BCUT2D eigenvalue weighted by Gasteiger charge is 2.28. The van der Waals surface area contributed by atoms with Crippen molar-refractivity contribution in [2.75, 3.05) is 11.4 Å². The molecule has 1 aliphatic heterocycles. The van der Waals surface area contributed by atoms with Gasteiger partial charge >= 0.3 is 0 Å². The highest BCUT2D eigenvalue weighted by molar-refractivity contribution is 6.11. The minimum absolute atomic E-state index is 0.184. The van der Waals surface area contributed by atoms with E-state index in [1.165, 1.54) is 11.3 Å². The molecule has 0 fully saturated rings. The van der Waals surface area contributed by atoms with Gasteiger partial charge in [-0.1, -0.05) is 36.4 Å². The molecule has 0 saturated heterocycles. The van der Waals surface area contributed by atoms with Crippen molar-refractivity contribution in [1.29, 1.82) is 0 Å². The summed E-state index contributed by atoms with van der Waals surface area (Å²) in [6, 6.07) is 16.8. The average Bonchev–Trinajstić information content (AvgIpc) is 3.04. The predicted octanol–water partition coefficient (Wildman–Crippen LogP) is 4.11. The van der Waals surface area contributed by atoms with E-state index in [0.29, 0.717) is 12.6 Å². The summed E-state index contributed by atoms with van der Waals surface area (Å²) >= 11 is 0. The van der Waals surface area contributed by atoms with Crippen LogP contribution in [0.15, 0.2) is 48.5 Å². The number of nitrogens with zero attached hydrogens (tertiary/aromatic N) is 1. The Balaban J connectivity index is 1.69. The number of para-hydroxylation sites is 2. The van der Waals surface area contributed by atoms with Crippen LogP contribution in [0.25, 0.3) is 10.9 Å². The van der Waals surface area contributed by atoms with Crippen LogP contribution in [0, 0.1) is 6.92 Å². The molecule has 0 saturated carbocycles. The molecular weight excluding hydrogens is 284 g/mol. The summed E-state index contributed by atoms with van der Waals surface area (Å²) in [6.07, 6.45) is 1.01. The zero-order valence-corrected chi connectivity index (χ0v) is 13.5. The van der Waals surface area contributed by atoms with Crippen molar-refractivity contribution >= 4 is 22.4 Å². The molecule has 0 amide bonds. The molecule has 3 nitrogen and oxygen atoms in total. The maximum atomic E-state index is 13.0. The van der Waals surface area contributed by atoms with Gasteiger partial charge in [-0.15, -0.1) is 0 Å². The third kappa shape index (κ3) is 2.24. The van der Waals surface area contributed by atoms with Crippen LogP contribution < -0.4 is 4.90 Å². The number of rotatable bonds is 3. The summed E-state index contributed by atoms with van der Waals surface area (Å²) in [5.74, 6) is 0.184. The molecule has 0 spiro atoms. The van der Waals surface area contributed by atoms with Crippen molar-refractivity contribution < 1.29 is 4.79 Å². The van der Waals surface area contributed by atoms with Crippen LogP contribution in [0.2, 0.25) is 0 Å². The van der Waals surface area contributed by atoms with Gasteiger partial charge in [0, 0.05) is 33.9 Å². The number of aryl methyl sites for hydroxylation is 1. The lowest BCUT2D eigenvalue weighted by Crippen LogP contribution is -2.34. The summed E-state index contributed by atoms with van der Waals surface area (Å²) in [5, 5.41) is 1.02. The minimum atomic E-state index is 0.184. The third-order valence-electron chi connectivity index (χ3n) is 4.83. The van der Waals surface area contributed by atoms with Crippen molar-refractivity contribution in [2.45, 2.75) is 26.3 Å². The first-order valence-corrected chi connectivity index (χ1v) is 8.10. The number of aromatic nitrogens is 1. The largest absolute Gasteiger partial charge is 0.361 e. The van der Waals surface area contributed by atoms with Crippen LogP contribution in [-0.4, -0.2) is 23.4 Å². The van der Waals surface area contributed by atoms with Crippen molar-refractivity contribution in [3.63, 3.8) is 0 Å². The normalized spacial score (nSPS) is 16.8. The Hall–Kier alpha value is -2.55. The van der Waals surface area contributed by atoms with E-state index in [1.54, 1.807) is 0 Å². The Bertz CT molecular complexity index is 894. The van der Waals surface area contributed by atoms with E-state index in [-0.39, 0.29) is 5.78 Å². The highest BCUT2D eigenvalue weighted by Crippen LogP contribution is 2.32. The number of H-pyrrole nitrogens is 1. The molecule has 2 aromatic carbocycles. The molecule has 1 aromatic heterocycles. The van der Waals surface area contributed by atoms with Crippen LogP contribution in [0.1, 0.15) is 28.5 Å². The van der Waals surface area contributed by atoms with E-state index < -0.39 is 0 Å². The van der Waals surface area contributed by atoms with Gasteiger partial charge in [-0.3, -0.25) is 4.79 Å². The highest BCUT2D eigenvalue weighted by atomic mass is 16.1. The summed E-state index contributed by atoms with van der Waals surface area (Å²) in [6.45, 7) is 4.60. The molecule has 3 aromatic rings. The number of nitrogens with one attached hydrogen (secondary N) is 1. The summed E-state index contributed by atoms with van der Waals surface area (Å²) in [4.78, 5) is 18.5. The van der Waals surface area contributed by atoms with Gasteiger partial charge in [-0.25, -0.2) is 0 Å². The van der Waals surface area contributed by atoms with Crippen molar-refractivity contribution in [2.24, 2.45) is 0 Å². The minimum Gasteiger partial charge on any atom is -0.361 e. The maximum Gasteiger partial charge on any atom is 0.184 e. The van der Waals surface area contributed by atoms with E-state index in [2.05, 4.69) is 35.0 Å². The third-order valence-corrected chi connectivity index (χ3v) is 4.83. The standard InChI is InChI=1S/C20H20N2O/c1-13-11-15-7-3-6-10-18(15)22(13)12-19(23)20-14(2)21-17-9-5-4-8-16(17)20/h3-10,13,21H,11-12H2,1-2H3. The Morgan fingerprint density at radius 1 is 1.17 bits per heavy atom. The number of fused-ring (bicyclic) bond motifs is 2. The molecule has 0 aliphatic carbocycles. The zero-order valence-electron chi connectivity index (χ0n) is 13.5. The second kappa shape index (κ2) is 5.27. The fourth-order valence-electron chi connectivity index (χ4n) is 3.74. The number of Topliss-reactive ketones (excluding diaryl/α,β-unsaturated/α-hetero) is 1. The molecular formula is C20H20N2O. The lowest BCUT2D eigenvalue weighted by molar-refractivity contribution is 0.0998. The summed E-state index contributed by atoms with van der Waals surface area (Å²) in [7, 11) is 0. The zero-order chi connectivity index (χ0) is 16.0. The van der Waals surface area contributed by atoms with Gasteiger partial charge in [0.05, 0.1) is 6.54 Å². The molecule has 1 unspecified atom stereocenters. The first-order valence-electron chi connectivity index (χ1n) is 8.10. The average molecular weight is 304 g/mol. The quantitative estimate of drug-likeness (QED) is 0.739. The van der Waals surface area contributed by atoms with Gasteiger partial charge in [0.15, 0.2) is 5.78 Å². The molecule has 1 N–H and O–H groups in total. The molecule has 0 bridgehead atoms. The summed E-state index contributed by atoms with van der Waals surface area (Å²) in [5.41, 5.74) is 5.35. The van der Waals surface area contributed by atoms with Gasteiger partial charge in [0.1, 0.15) is 0 Å². The molecule has 116 valence electrons. The lowest BCUT2D eigenvalue weighted by Gasteiger charge is -2.24. The van der Waals surface area contributed by atoms with E-state index in [9.17, 15) is 4.79 Å². The molecule has 4 rings (SSSR count). The molecule has 1 atom stereocenters. The predicted molar refractivity (Wildman–Crippen MR) is 94.3 cm³/mol. The van der Waals surface area contributed by atoms with Gasteiger partial charge in [0.2, 0.25) is 0 Å². The Kier molecular flexibility index (Phi) is 3.22. The molecule has 3 heteroatoms. The second-order valence-electron chi connectivity index (χ2n) is 6.40. The smallest absolute Gasteiger partial charge is 0.184 e. The summed E-state index contributed by atoms with van der Waals surface area (Å²) < 4.78 is 0. The van der Waals surface area contributed by atoms with Gasteiger partial charge in [-0.05, 0) is 38.0 Å². The number of anilines is 1. The Morgan fingerprint density at radius 3 is 2.78 bits per heavy atom. The molecule has 0 radical (unpaired) electrons. The Labute approximate surface area is 135 Å². The van der Waals surface area contributed by atoms with E-state index in [0.717, 1.165) is 28.6 Å². The van der Waals surface area contributed by atoms with Crippen LogP contribution >= 0.6 is 0 Å². The Morgan fingerprint density at radius 2 is 1.91 bits per heavy atom. The maximum absolute atomic E-state index is 13.0. The first-order chi connectivity index (χ1) is 11.1. The van der Waals surface area contributed by atoms with Crippen molar-refractivity contribution in [1.82, 2.24) is 4.98 Å². The first kappa shape index (κ1) is 14.1. The van der Waals surface area contributed by atoms with E-state index >= 15 is 0 Å². The topological polar surface area (TPSA) is 36.1 Å². The van der Waals surface area contributed by atoms with Crippen molar-refractivity contribution in [3.8, 4) is 0 Å². The number of hydrogen-bond acceptors (Lipinski definition) is 2. The number of aromatic amines is 1. The molecule has 23 heavy (non-hydrogen) atoms. The van der Waals surface area contributed by atoms with E-state index in [1.807, 2.05) is 37.3 Å². The number of benzene rings is 2. The van der Waals surface area contributed by atoms with Crippen molar-refractivity contribution in [3.05, 3.63) is 65.4 Å². The van der Waals surface area contributed by atoms with Gasteiger partial charge in [0.25, 0.3) is 0 Å². The van der Waals surface area contributed by atoms with Crippen LogP contribution in [0.4, 0.5) is 5.69 Å². The molecule has 2 heterocycles. The monoisotopic (exact) mass is 304 g/mol. The fraction of sp³-hybridized carbons (Fsp3) is 0.250. The number of ketones is 1. The number of carbonyl (C=O) groups excluding carboxylic acids is 1. The molecule has 1 aliphatic rings. The SMILES string of the molecule is Cc1[nH]c2ccccc2c1C(=O)CN1c2ccccc2CC1C. The lowest BCUT2D eigenvalue weighted by atomic mass is 10.1. The number of carbonyl (C=O) groups is 1.